The fourth-order valence-electron chi connectivity index (χ4n) is 5.73. The molecule has 1 fully saturated rings. The first kappa shape index (κ1) is 34.4. The smallest absolute Gasteiger partial charge is 0.332 e. The molecule has 4 amide bonds. The number of carbonyl (C=O) groups excluding carboxylic acids is 4. The number of aryl methyl sites for hydroxylation is 1. The first-order valence-corrected chi connectivity index (χ1v) is 16.9. The standard InChI is InChI=1S/C37H34BrCl2N3O4/c1-37(24-26-11-16-29(38)17-12-26)35(46)43(32-22-30(39)21-31(40)23-32)36(47)42(37)20-6-5-19-41-33(44)18-13-25-9-14-28(15-10-25)34(45)27-7-3-2-4-8-27/h2-4,7-12,14-17,21-23H,5-6,13,18-20,24H2,1H3,(H,41,44)/t37-/m1/s1. The van der Waals surface area contributed by atoms with Gasteiger partial charge in [-0.15, -0.1) is 0 Å². The fourth-order valence-corrected chi connectivity index (χ4v) is 6.51. The van der Waals surface area contributed by atoms with Gasteiger partial charge >= 0.3 is 6.03 Å². The Bertz CT molecular complexity index is 1750. The maximum atomic E-state index is 13.9. The number of hydrogen-bond acceptors (Lipinski definition) is 4. The molecule has 4 aromatic rings. The largest absolute Gasteiger partial charge is 0.356 e. The number of amides is 4. The molecular formula is C37H34BrCl2N3O4. The quantitative estimate of drug-likeness (QED) is 0.0851. The van der Waals surface area contributed by atoms with E-state index in [9.17, 15) is 19.2 Å². The van der Waals surface area contributed by atoms with E-state index in [-0.39, 0.29) is 17.6 Å². The maximum Gasteiger partial charge on any atom is 0.332 e. The van der Waals surface area contributed by atoms with E-state index in [1.807, 2.05) is 54.6 Å². The summed E-state index contributed by atoms with van der Waals surface area (Å²) in [6.45, 7) is 2.55. The maximum absolute atomic E-state index is 13.9. The minimum absolute atomic E-state index is 0.0370. The Kier molecular flexibility index (Phi) is 11.2. The predicted octanol–water partition coefficient (Wildman–Crippen LogP) is 8.29. The summed E-state index contributed by atoms with van der Waals surface area (Å²) >= 11 is 15.9. The van der Waals surface area contributed by atoms with E-state index in [1.165, 1.54) is 0 Å². The van der Waals surface area contributed by atoms with Crippen LogP contribution in [0.2, 0.25) is 10.0 Å². The number of imide groups is 1. The van der Waals surface area contributed by atoms with Crippen molar-refractivity contribution < 1.29 is 19.2 Å². The molecule has 0 spiro atoms. The zero-order valence-electron chi connectivity index (χ0n) is 25.8. The third-order valence-electron chi connectivity index (χ3n) is 8.27. The third-order valence-corrected chi connectivity index (χ3v) is 9.24. The molecule has 1 heterocycles. The molecule has 1 atom stereocenters. The number of anilines is 1. The number of benzene rings is 4. The van der Waals surface area contributed by atoms with Gasteiger partial charge in [-0.05, 0) is 67.6 Å². The van der Waals surface area contributed by atoms with Crippen LogP contribution in [0, 0.1) is 0 Å². The zero-order valence-corrected chi connectivity index (χ0v) is 28.9. The molecule has 1 aliphatic heterocycles. The number of nitrogens with one attached hydrogen (secondary N) is 1. The number of urea groups is 1. The number of carbonyl (C=O) groups is 4. The summed E-state index contributed by atoms with van der Waals surface area (Å²) in [5.74, 6) is -0.467. The first-order valence-electron chi connectivity index (χ1n) is 15.4. The number of rotatable bonds is 13. The van der Waals surface area contributed by atoms with Gasteiger partial charge in [-0.3, -0.25) is 14.4 Å². The van der Waals surface area contributed by atoms with Gasteiger partial charge in [0.05, 0.1) is 5.69 Å². The van der Waals surface area contributed by atoms with E-state index in [4.69, 9.17) is 23.2 Å². The van der Waals surface area contributed by atoms with E-state index in [0.29, 0.717) is 72.1 Å². The molecule has 1 N–H and O–H groups in total. The SMILES string of the molecule is C[C@@]1(Cc2ccc(Br)cc2)C(=O)N(c2cc(Cl)cc(Cl)c2)C(=O)N1CCCCNC(=O)CCc1ccc(C(=O)c2ccccc2)cc1. The summed E-state index contributed by atoms with van der Waals surface area (Å²) in [6, 6.07) is 28.4. The Hall–Kier alpha value is -3.98. The van der Waals surface area contributed by atoms with E-state index < -0.39 is 11.6 Å². The van der Waals surface area contributed by atoms with Crippen molar-refractivity contribution in [1.29, 1.82) is 0 Å². The van der Waals surface area contributed by atoms with Crippen molar-refractivity contribution in [2.24, 2.45) is 0 Å². The van der Waals surface area contributed by atoms with Gasteiger partial charge in [0.1, 0.15) is 5.54 Å². The summed E-state index contributed by atoms with van der Waals surface area (Å²) < 4.78 is 0.919. The van der Waals surface area contributed by atoms with Gasteiger partial charge in [0.25, 0.3) is 5.91 Å². The van der Waals surface area contributed by atoms with Gasteiger partial charge < -0.3 is 10.2 Å². The molecule has 0 aromatic heterocycles. The fraction of sp³-hybridized carbons (Fsp3) is 0.243. The Morgan fingerprint density at radius 3 is 2.09 bits per heavy atom. The normalized spacial score (nSPS) is 16.1. The molecule has 0 radical (unpaired) electrons. The minimum Gasteiger partial charge on any atom is -0.356 e. The van der Waals surface area contributed by atoms with Crippen LogP contribution in [0.25, 0.3) is 0 Å². The summed E-state index contributed by atoms with van der Waals surface area (Å²) in [7, 11) is 0. The van der Waals surface area contributed by atoms with Crippen LogP contribution in [-0.4, -0.2) is 47.2 Å². The van der Waals surface area contributed by atoms with Crippen molar-refractivity contribution >= 4 is 68.4 Å². The van der Waals surface area contributed by atoms with E-state index in [2.05, 4.69) is 21.2 Å². The van der Waals surface area contributed by atoms with Gasteiger partial charge in [0.15, 0.2) is 5.78 Å². The summed E-state index contributed by atoms with van der Waals surface area (Å²) in [4.78, 5) is 55.7. The molecule has 1 saturated heterocycles. The van der Waals surface area contributed by atoms with E-state index in [1.54, 1.807) is 54.3 Å². The van der Waals surface area contributed by atoms with Crippen LogP contribution in [0.5, 0.6) is 0 Å². The molecule has 242 valence electrons. The van der Waals surface area contributed by atoms with Crippen molar-refractivity contribution in [1.82, 2.24) is 10.2 Å². The number of unbranched alkanes of at least 4 members (excludes halogenated alkanes) is 1. The van der Waals surface area contributed by atoms with Crippen LogP contribution in [0.1, 0.15) is 53.2 Å². The summed E-state index contributed by atoms with van der Waals surface area (Å²) in [6.07, 6.45) is 2.39. The average Bonchev–Trinajstić information content (AvgIpc) is 3.24. The van der Waals surface area contributed by atoms with Gasteiger partial charge in [-0.1, -0.05) is 106 Å². The van der Waals surface area contributed by atoms with Crippen molar-refractivity contribution in [2.45, 2.75) is 44.6 Å². The Morgan fingerprint density at radius 1 is 0.809 bits per heavy atom. The van der Waals surface area contributed by atoms with Gasteiger partial charge in [0.2, 0.25) is 5.91 Å². The average molecular weight is 736 g/mol. The zero-order chi connectivity index (χ0) is 33.6. The van der Waals surface area contributed by atoms with Gasteiger partial charge in [-0.2, -0.15) is 0 Å². The molecule has 1 aliphatic rings. The summed E-state index contributed by atoms with van der Waals surface area (Å²) in [5, 5.41) is 3.61. The highest BCUT2D eigenvalue weighted by Crippen LogP contribution is 2.37. The van der Waals surface area contributed by atoms with Crippen LogP contribution in [0.15, 0.2) is 102 Å². The Morgan fingerprint density at radius 2 is 1.43 bits per heavy atom. The highest BCUT2D eigenvalue weighted by molar-refractivity contribution is 9.10. The molecule has 5 rings (SSSR count). The third kappa shape index (κ3) is 8.30. The molecule has 4 aromatic carbocycles. The molecule has 0 unspecified atom stereocenters. The number of nitrogens with zero attached hydrogens (tertiary/aromatic N) is 2. The Balaban J connectivity index is 1.15. The molecule has 0 saturated carbocycles. The Labute approximate surface area is 293 Å². The summed E-state index contributed by atoms with van der Waals surface area (Å²) in [5.41, 5.74) is 2.32. The molecule has 10 heteroatoms. The molecular weight excluding hydrogens is 701 g/mol. The molecule has 0 aliphatic carbocycles. The van der Waals surface area contributed by atoms with Crippen LogP contribution in [-0.2, 0) is 22.4 Å². The lowest BCUT2D eigenvalue weighted by molar-refractivity contribution is -0.124. The topological polar surface area (TPSA) is 86.8 Å². The van der Waals surface area contributed by atoms with Gasteiger partial charge in [0, 0.05) is 51.6 Å². The molecule has 7 nitrogen and oxygen atoms in total. The van der Waals surface area contributed by atoms with Crippen LogP contribution in [0.4, 0.5) is 10.5 Å². The highest BCUT2D eigenvalue weighted by Gasteiger charge is 2.54. The molecule has 47 heavy (non-hydrogen) atoms. The lowest BCUT2D eigenvalue weighted by Gasteiger charge is -2.32. The predicted molar refractivity (Wildman–Crippen MR) is 189 cm³/mol. The molecule has 0 bridgehead atoms. The lowest BCUT2D eigenvalue weighted by atomic mass is 9.91. The number of hydrogen-bond donors (Lipinski definition) is 1. The van der Waals surface area contributed by atoms with Crippen LogP contribution < -0.4 is 10.2 Å². The minimum atomic E-state index is -1.13. The second kappa shape index (κ2) is 15.3. The van der Waals surface area contributed by atoms with Crippen molar-refractivity contribution in [3.05, 3.63) is 134 Å². The second-order valence-electron chi connectivity index (χ2n) is 11.7. The van der Waals surface area contributed by atoms with Crippen LogP contribution >= 0.6 is 39.1 Å². The van der Waals surface area contributed by atoms with Gasteiger partial charge in [-0.25, -0.2) is 9.69 Å². The van der Waals surface area contributed by atoms with Crippen molar-refractivity contribution in [2.75, 3.05) is 18.0 Å². The van der Waals surface area contributed by atoms with Crippen LogP contribution in [0.3, 0.4) is 0 Å². The number of halogens is 3. The van der Waals surface area contributed by atoms with E-state index >= 15 is 0 Å². The van der Waals surface area contributed by atoms with Crippen molar-refractivity contribution in [3.63, 3.8) is 0 Å². The van der Waals surface area contributed by atoms with Crippen molar-refractivity contribution in [3.8, 4) is 0 Å². The second-order valence-corrected chi connectivity index (χ2v) is 13.5. The number of ketones is 1. The first-order chi connectivity index (χ1) is 22.5. The van der Waals surface area contributed by atoms with E-state index in [0.717, 1.165) is 20.5 Å². The lowest BCUT2D eigenvalue weighted by Crippen LogP contribution is -2.49. The highest BCUT2D eigenvalue weighted by atomic mass is 79.9. The monoisotopic (exact) mass is 733 g/mol.